The van der Waals surface area contributed by atoms with Crippen molar-refractivity contribution < 1.29 is 0 Å². The summed E-state index contributed by atoms with van der Waals surface area (Å²) in [5.41, 5.74) is 0. The van der Waals surface area contributed by atoms with E-state index in [1.165, 1.54) is 57.5 Å². The molecule has 0 atom stereocenters. The van der Waals surface area contributed by atoms with E-state index in [0.29, 0.717) is 0 Å². The zero-order valence-electron chi connectivity index (χ0n) is 10.3. The van der Waals surface area contributed by atoms with Crippen molar-refractivity contribution >= 4 is 11.8 Å². The minimum atomic E-state index is 0.980. The van der Waals surface area contributed by atoms with E-state index in [1.54, 1.807) is 0 Å². The second kappa shape index (κ2) is 8.43. The van der Waals surface area contributed by atoms with Crippen LogP contribution in [0.1, 0.15) is 32.1 Å². The summed E-state index contributed by atoms with van der Waals surface area (Å²) in [5, 5.41) is 4.50. The average Bonchev–Trinajstić information content (AvgIpc) is 2.68. The van der Waals surface area contributed by atoms with Crippen molar-refractivity contribution in [3.05, 3.63) is 0 Å². The molecule has 1 aliphatic rings. The standard InChI is InChI=1S/C12H26N2S/c1-14(2)10-5-8-13-9-11-15-12-6-3-4-7-12/h12-13H,3-11H2,1-2H3. The Balaban J connectivity index is 1.76. The fraction of sp³-hybridized carbons (Fsp3) is 1.00. The molecule has 2 nitrogen and oxygen atoms in total. The van der Waals surface area contributed by atoms with Crippen LogP contribution in [0.25, 0.3) is 0 Å². The monoisotopic (exact) mass is 230 g/mol. The van der Waals surface area contributed by atoms with Gasteiger partial charge in [-0.1, -0.05) is 12.8 Å². The molecule has 15 heavy (non-hydrogen) atoms. The Hall–Kier alpha value is 0.270. The van der Waals surface area contributed by atoms with Gasteiger partial charge >= 0.3 is 0 Å². The van der Waals surface area contributed by atoms with E-state index in [-0.39, 0.29) is 0 Å². The van der Waals surface area contributed by atoms with Gasteiger partial charge in [0.05, 0.1) is 0 Å². The highest BCUT2D eigenvalue weighted by atomic mass is 32.2. The first-order valence-corrected chi connectivity index (χ1v) is 7.31. The molecular weight excluding hydrogens is 204 g/mol. The van der Waals surface area contributed by atoms with Gasteiger partial charge in [-0.15, -0.1) is 0 Å². The fourth-order valence-corrected chi connectivity index (χ4v) is 3.26. The predicted octanol–water partition coefficient (Wildman–Crippen LogP) is 2.20. The highest BCUT2D eigenvalue weighted by Gasteiger charge is 2.14. The predicted molar refractivity (Wildman–Crippen MR) is 70.8 cm³/mol. The second-order valence-corrected chi connectivity index (χ2v) is 6.09. The first-order valence-electron chi connectivity index (χ1n) is 6.26. The summed E-state index contributed by atoms with van der Waals surface area (Å²) >= 11 is 2.18. The Morgan fingerprint density at radius 1 is 1.20 bits per heavy atom. The van der Waals surface area contributed by atoms with Crippen molar-refractivity contribution in [2.24, 2.45) is 0 Å². The van der Waals surface area contributed by atoms with Crippen LogP contribution in [0.15, 0.2) is 0 Å². The first-order chi connectivity index (χ1) is 7.29. The lowest BCUT2D eigenvalue weighted by Crippen LogP contribution is -2.23. The Morgan fingerprint density at radius 3 is 2.60 bits per heavy atom. The normalized spacial score (nSPS) is 17.8. The lowest BCUT2D eigenvalue weighted by molar-refractivity contribution is 0.396. The van der Waals surface area contributed by atoms with E-state index >= 15 is 0 Å². The van der Waals surface area contributed by atoms with E-state index in [9.17, 15) is 0 Å². The Labute approximate surface area is 99.2 Å². The van der Waals surface area contributed by atoms with Crippen molar-refractivity contribution in [2.75, 3.05) is 39.5 Å². The zero-order valence-corrected chi connectivity index (χ0v) is 11.1. The van der Waals surface area contributed by atoms with Crippen molar-refractivity contribution in [3.8, 4) is 0 Å². The van der Waals surface area contributed by atoms with Crippen molar-refractivity contribution in [1.82, 2.24) is 10.2 Å². The fourth-order valence-electron chi connectivity index (χ4n) is 2.00. The van der Waals surface area contributed by atoms with E-state index in [2.05, 4.69) is 36.1 Å². The maximum atomic E-state index is 3.52. The van der Waals surface area contributed by atoms with Crippen LogP contribution in [0.2, 0.25) is 0 Å². The molecule has 0 bridgehead atoms. The van der Waals surface area contributed by atoms with Crippen molar-refractivity contribution in [2.45, 2.75) is 37.4 Å². The van der Waals surface area contributed by atoms with Crippen LogP contribution in [0.3, 0.4) is 0 Å². The van der Waals surface area contributed by atoms with Gasteiger partial charge < -0.3 is 10.2 Å². The van der Waals surface area contributed by atoms with Gasteiger partial charge in [0.1, 0.15) is 0 Å². The molecule has 3 heteroatoms. The second-order valence-electron chi connectivity index (χ2n) is 4.68. The number of nitrogens with zero attached hydrogens (tertiary/aromatic N) is 1. The summed E-state index contributed by atoms with van der Waals surface area (Å²) < 4.78 is 0. The van der Waals surface area contributed by atoms with E-state index in [0.717, 1.165) is 5.25 Å². The van der Waals surface area contributed by atoms with Crippen LogP contribution in [-0.2, 0) is 0 Å². The molecule has 1 fully saturated rings. The molecule has 0 aromatic carbocycles. The number of hydrogen-bond acceptors (Lipinski definition) is 3. The Morgan fingerprint density at radius 2 is 1.93 bits per heavy atom. The molecule has 0 radical (unpaired) electrons. The van der Waals surface area contributed by atoms with Crippen LogP contribution in [0.5, 0.6) is 0 Å². The molecule has 0 spiro atoms. The van der Waals surface area contributed by atoms with Gasteiger partial charge in [0.15, 0.2) is 0 Å². The molecule has 0 heterocycles. The van der Waals surface area contributed by atoms with Crippen LogP contribution >= 0.6 is 11.8 Å². The Kier molecular flexibility index (Phi) is 7.49. The lowest BCUT2D eigenvalue weighted by Gasteiger charge is -2.11. The molecular formula is C12H26N2S. The number of nitrogens with one attached hydrogen (secondary N) is 1. The topological polar surface area (TPSA) is 15.3 Å². The molecule has 0 aromatic heterocycles. The minimum absolute atomic E-state index is 0.980. The largest absolute Gasteiger partial charge is 0.316 e. The summed E-state index contributed by atoms with van der Waals surface area (Å²) in [7, 11) is 4.27. The lowest BCUT2D eigenvalue weighted by atomic mass is 10.4. The summed E-state index contributed by atoms with van der Waals surface area (Å²) in [6.45, 7) is 3.56. The summed E-state index contributed by atoms with van der Waals surface area (Å²) in [6.07, 6.45) is 7.12. The molecule has 0 saturated heterocycles. The molecule has 0 unspecified atom stereocenters. The van der Waals surface area contributed by atoms with Gasteiger partial charge in [-0.05, 0) is 46.4 Å². The highest BCUT2D eigenvalue weighted by molar-refractivity contribution is 7.99. The van der Waals surface area contributed by atoms with Crippen molar-refractivity contribution in [3.63, 3.8) is 0 Å². The van der Waals surface area contributed by atoms with Gasteiger partial charge in [-0.25, -0.2) is 0 Å². The molecule has 0 aliphatic heterocycles. The summed E-state index contributed by atoms with van der Waals surface area (Å²) in [6, 6.07) is 0. The van der Waals surface area contributed by atoms with E-state index < -0.39 is 0 Å². The van der Waals surface area contributed by atoms with Gasteiger partial charge in [-0.3, -0.25) is 0 Å². The van der Waals surface area contributed by atoms with E-state index in [4.69, 9.17) is 0 Å². The highest BCUT2D eigenvalue weighted by Crippen LogP contribution is 2.28. The number of rotatable bonds is 8. The molecule has 90 valence electrons. The maximum Gasteiger partial charge on any atom is 0.00608 e. The van der Waals surface area contributed by atoms with Gasteiger partial charge in [-0.2, -0.15) is 11.8 Å². The summed E-state index contributed by atoms with van der Waals surface area (Å²) in [5.74, 6) is 1.30. The van der Waals surface area contributed by atoms with E-state index in [1.807, 2.05) is 0 Å². The van der Waals surface area contributed by atoms with Gasteiger partial charge in [0, 0.05) is 17.5 Å². The van der Waals surface area contributed by atoms with Crippen molar-refractivity contribution in [1.29, 1.82) is 0 Å². The molecule has 1 rings (SSSR count). The summed E-state index contributed by atoms with van der Waals surface area (Å²) in [4.78, 5) is 2.24. The molecule has 1 saturated carbocycles. The Bertz CT molecular complexity index is 145. The molecule has 1 aliphatic carbocycles. The number of thioether (sulfide) groups is 1. The average molecular weight is 230 g/mol. The van der Waals surface area contributed by atoms with Gasteiger partial charge in [0.2, 0.25) is 0 Å². The van der Waals surface area contributed by atoms with Crippen LogP contribution in [0, 0.1) is 0 Å². The van der Waals surface area contributed by atoms with Gasteiger partial charge in [0.25, 0.3) is 0 Å². The molecule has 0 aromatic rings. The third-order valence-corrected chi connectivity index (χ3v) is 4.28. The first kappa shape index (κ1) is 13.3. The quantitative estimate of drug-likeness (QED) is 0.644. The zero-order chi connectivity index (χ0) is 10.9. The maximum absolute atomic E-state index is 3.52. The third kappa shape index (κ3) is 7.20. The van der Waals surface area contributed by atoms with Crippen LogP contribution < -0.4 is 5.32 Å². The third-order valence-electron chi connectivity index (χ3n) is 2.89. The minimum Gasteiger partial charge on any atom is -0.316 e. The molecule has 0 amide bonds. The van der Waals surface area contributed by atoms with Crippen LogP contribution in [0.4, 0.5) is 0 Å². The number of hydrogen-bond donors (Lipinski definition) is 1. The molecule has 1 N–H and O–H groups in total. The SMILES string of the molecule is CN(C)CCCNCCSC1CCCC1. The van der Waals surface area contributed by atoms with Crippen LogP contribution in [-0.4, -0.2) is 49.6 Å². The smallest absolute Gasteiger partial charge is 0.00608 e.